The molecule has 0 unspecified atom stereocenters. The van der Waals surface area contributed by atoms with E-state index in [1.165, 1.54) is 16.7 Å². The van der Waals surface area contributed by atoms with Crippen LogP contribution in [0.15, 0.2) is 69.8 Å². The number of hydrogen-bond acceptors (Lipinski definition) is 0. The molecule has 0 amide bonds. The predicted molar refractivity (Wildman–Crippen MR) is 90.3 cm³/mol. The zero-order valence-electron chi connectivity index (χ0n) is 12.6. The van der Waals surface area contributed by atoms with Gasteiger partial charge in [0.15, 0.2) is 0 Å². The molecular weight excluding hydrogens is 296 g/mol. The summed E-state index contributed by atoms with van der Waals surface area (Å²) in [6, 6.07) is 0. The highest BCUT2D eigenvalue weighted by Gasteiger charge is 2.38. The van der Waals surface area contributed by atoms with E-state index in [4.69, 9.17) is 0 Å². The molecule has 0 saturated heterocycles. The van der Waals surface area contributed by atoms with Crippen molar-refractivity contribution < 1.29 is 0 Å². The average molecular weight is 319 g/mol. The van der Waals surface area contributed by atoms with Crippen LogP contribution in [0, 0.1) is 5.41 Å². The van der Waals surface area contributed by atoms with Crippen LogP contribution in [0.3, 0.4) is 0 Å². The molecule has 0 aromatic heterocycles. The highest BCUT2D eigenvalue weighted by molar-refractivity contribution is 9.11. The number of hydrogen-bond donors (Lipinski definition) is 0. The van der Waals surface area contributed by atoms with E-state index in [1.54, 1.807) is 0 Å². The summed E-state index contributed by atoms with van der Waals surface area (Å²) in [6.45, 7) is 19.1. The Morgan fingerprint density at radius 2 is 1.47 bits per heavy atom. The zero-order valence-corrected chi connectivity index (χ0v) is 14.2. The van der Waals surface area contributed by atoms with Crippen LogP contribution in [-0.2, 0) is 0 Å². The van der Waals surface area contributed by atoms with Crippen LogP contribution in [-0.4, -0.2) is 0 Å². The second-order valence-electron chi connectivity index (χ2n) is 5.40. The summed E-state index contributed by atoms with van der Waals surface area (Å²) >= 11 is 3.55. The zero-order chi connectivity index (χ0) is 14.8. The first-order valence-corrected chi connectivity index (χ1v) is 7.33. The van der Waals surface area contributed by atoms with Gasteiger partial charge in [-0.3, -0.25) is 0 Å². The van der Waals surface area contributed by atoms with E-state index in [-0.39, 0.29) is 5.41 Å². The molecular formula is C18H23Br. The van der Waals surface area contributed by atoms with Crippen LogP contribution in [0.2, 0.25) is 0 Å². The molecule has 0 N–H and O–H groups in total. The second-order valence-corrected chi connectivity index (χ2v) is 6.32. The molecule has 0 radical (unpaired) electrons. The quantitative estimate of drug-likeness (QED) is 0.564. The first-order valence-electron chi connectivity index (χ1n) is 6.53. The summed E-state index contributed by atoms with van der Waals surface area (Å²) in [5, 5.41) is 0. The minimum atomic E-state index is -0.0551. The Morgan fingerprint density at radius 1 is 1.00 bits per heavy atom. The van der Waals surface area contributed by atoms with Gasteiger partial charge < -0.3 is 0 Å². The van der Waals surface area contributed by atoms with E-state index in [0.717, 1.165) is 15.6 Å². The van der Waals surface area contributed by atoms with Crippen molar-refractivity contribution in [3.05, 3.63) is 69.8 Å². The number of rotatable bonds is 2. The minimum absolute atomic E-state index is 0.0551. The fourth-order valence-electron chi connectivity index (χ4n) is 2.29. The van der Waals surface area contributed by atoms with Crippen LogP contribution in [0.4, 0.5) is 0 Å². The molecule has 0 heterocycles. The second kappa shape index (κ2) is 5.92. The van der Waals surface area contributed by atoms with Gasteiger partial charge in [-0.2, -0.15) is 0 Å². The molecule has 0 nitrogen and oxygen atoms in total. The van der Waals surface area contributed by atoms with Gasteiger partial charge in [0, 0.05) is 9.90 Å². The van der Waals surface area contributed by atoms with Crippen molar-refractivity contribution in [3.63, 3.8) is 0 Å². The lowest BCUT2D eigenvalue weighted by atomic mass is 9.81. The van der Waals surface area contributed by atoms with Gasteiger partial charge in [-0.1, -0.05) is 66.7 Å². The van der Waals surface area contributed by atoms with Crippen molar-refractivity contribution >= 4 is 15.9 Å². The third kappa shape index (κ3) is 3.09. The molecule has 0 aromatic rings. The molecule has 0 atom stereocenters. The van der Waals surface area contributed by atoms with Crippen LogP contribution in [0.25, 0.3) is 0 Å². The van der Waals surface area contributed by atoms with E-state index < -0.39 is 0 Å². The van der Waals surface area contributed by atoms with Gasteiger partial charge in [0.1, 0.15) is 0 Å². The summed E-state index contributed by atoms with van der Waals surface area (Å²) in [5.74, 6) is 0. The summed E-state index contributed by atoms with van der Waals surface area (Å²) in [6.07, 6.45) is 8.53. The van der Waals surface area contributed by atoms with Crippen molar-refractivity contribution in [2.45, 2.75) is 34.6 Å². The van der Waals surface area contributed by atoms with Crippen LogP contribution in [0.1, 0.15) is 34.6 Å². The number of halogens is 1. The Balaban J connectivity index is 3.44. The topological polar surface area (TPSA) is 0 Å². The highest BCUT2D eigenvalue weighted by Crippen LogP contribution is 2.52. The van der Waals surface area contributed by atoms with Gasteiger partial charge >= 0.3 is 0 Å². The summed E-state index contributed by atoms with van der Waals surface area (Å²) in [4.78, 5) is 0. The van der Waals surface area contributed by atoms with Gasteiger partial charge in [0.25, 0.3) is 0 Å². The van der Waals surface area contributed by atoms with Gasteiger partial charge in [-0.15, -0.1) is 0 Å². The molecule has 1 saturated carbocycles. The van der Waals surface area contributed by atoms with Crippen molar-refractivity contribution in [1.29, 1.82) is 0 Å². The molecule has 0 bridgehead atoms. The molecule has 1 aliphatic carbocycles. The molecule has 1 aliphatic rings. The normalized spacial score (nSPS) is 24.7. The standard InChI is InChI=1S/C18H23Br/c1-8-12(3)10-16-13(4)14(5)17(18(16,6)7)11-15(19)9-2/h8-11H,4-5H2,1-3,6-7H3/b12-8-,15-9+,16-10+,17-11+. The van der Waals surface area contributed by atoms with Crippen molar-refractivity contribution in [3.8, 4) is 0 Å². The van der Waals surface area contributed by atoms with E-state index in [0.29, 0.717) is 0 Å². The molecule has 1 heteroatoms. The lowest BCUT2D eigenvalue weighted by Gasteiger charge is -2.22. The molecule has 1 fully saturated rings. The maximum atomic E-state index is 4.21. The molecule has 1 rings (SSSR count). The third-order valence-corrected chi connectivity index (χ3v) is 4.43. The Labute approximate surface area is 126 Å². The molecule has 102 valence electrons. The van der Waals surface area contributed by atoms with Crippen LogP contribution >= 0.6 is 15.9 Å². The molecule has 0 spiro atoms. The fraction of sp³-hybridized carbons (Fsp3) is 0.333. The van der Waals surface area contributed by atoms with E-state index in [2.05, 4.69) is 75.0 Å². The lowest BCUT2D eigenvalue weighted by Crippen LogP contribution is -2.11. The summed E-state index contributed by atoms with van der Waals surface area (Å²) in [5.41, 5.74) is 5.78. The summed E-state index contributed by atoms with van der Waals surface area (Å²) in [7, 11) is 0. The first kappa shape index (κ1) is 16.0. The third-order valence-electron chi connectivity index (χ3n) is 3.75. The SMILES string of the molecule is C=C1C(=C)/C(=C\C(Br)=C/C)C(C)(C)/C1=C/C(C)=C\C. The van der Waals surface area contributed by atoms with Crippen LogP contribution in [0.5, 0.6) is 0 Å². The van der Waals surface area contributed by atoms with Crippen molar-refractivity contribution in [2.75, 3.05) is 0 Å². The molecule has 0 aliphatic heterocycles. The van der Waals surface area contributed by atoms with E-state index in [1.807, 2.05) is 13.0 Å². The largest absolute Gasteiger partial charge is 0.0909 e. The fourth-order valence-corrected chi connectivity index (χ4v) is 2.52. The van der Waals surface area contributed by atoms with Gasteiger partial charge in [-0.05, 0) is 49.1 Å². The summed E-state index contributed by atoms with van der Waals surface area (Å²) < 4.78 is 1.08. The Kier molecular flexibility index (Phi) is 4.98. The van der Waals surface area contributed by atoms with E-state index >= 15 is 0 Å². The molecule has 0 aromatic carbocycles. The maximum absolute atomic E-state index is 4.21. The van der Waals surface area contributed by atoms with E-state index in [9.17, 15) is 0 Å². The van der Waals surface area contributed by atoms with Crippen LogP contribution < -0.4 is 0 Å². The van der Waals surface area contributed by atoms with Crippen molar-refractivity contribution in [2.24, 2.45) is 5.41 Å². The predicted octanol–water partition coefficient (Wildman–Crippen LogP) is 6.26. The monoisotopic (exact) mass is 318 g/mol. The first-order chi connectivity index (χ1) is 8.75. The van der Waals surface area contributed by atoms with Gasteiger partial charge in [0.05, 0.1) is 0 Å². The van der Waals surface area contributed by atoms with Gasteiger partial charge in [0.2, 0.25) is 0 Å². The van der Waals surface area contributed by atoms with Crippen molar-refractivity contribution in [1.82, 2.24) is 0 Å². The Morgan fingerprint density at radius 3 is 1.89 bits per heavy atom. The smallest absolute Gasteiger partial charge is 0.0158 e. The highest BCUT2D eigenvalue weighted by atomic mass is 79.9. The van der Waals surface area contributed by atoms with Gasteiger partial charge in [-0.25, -0.2) is 0 Å². The minimum Gasteiger partial charge on any atom is -0.0909 e. The maximum Gasteiger partial charge on any atom is 0.0158 e. The number of allylic oxidation sites excluding steroid dienone is 10. The average Bonchev–Trinajstić information content (AvgIpc) is 2.52. The Hall–Kier alpha value is -1.08. The Bertz CT molecular complexity index is 486. The lowest BCUT2D eigenvalue weighted by molar-refractivity contribution is 0.583. The molecule has 19 heavy (non-hydrogen) atoms.